The third-order valence-corrected chi connectivity index (χ3v) is 8.09. The van der Waals surface area contributed by atoms with Crippen molar-refractivity contribution in [2.75, 3.05) is 7.11 Å². The Bertz CT molecular complexity index is 322. The highest BCUT2D eigenvalue weighted by atomic mass is 28.4. The molecule has 0 saturated heterocycles. The van der Waals surface area contributed by atoms with Gasteiger partial charge in [0.2, 0.25) is 8.32 Å². The summed E-state index contributed by atoms with van der Waals surface area (Å²) in [7, 11) is -0.715. The van der Waals surface area contributed by atoms with Gasteiger partial charge < -0.3 is 9.53 Å². The molecule has 1 aromatic rings. The van der Waals surface area contributed by atoms with Crippen molar-refractivity contribution in [1.82, 2.24) is 0 Å². The van der Waals surface area contributed by atoms with Gasteiger partial charge in [-0.15, -0.1) is 0 Å². The van der Waals surface area contributed by atoms with E-state index in [-0.39, 0.29) is 0 Å². The lowest BCUT2D eigenvalue weighted by Crippen LogP contribution is -2.53. The molecule has 0 aliphatic rings. The molecule has 0 unspecified atom stereocenters. The van der Waals surface area contributed by atoms with E-state index in [9.17, 15) is 4.80 Å². The van der Waals surface area contributed by atoms with Crippen LogP contribution in [-0.4, -0.2) is 20.2 Å². The largest absolute Gasteiger partial charge is 0.497 e. The van der Waals surface area contributed by atoms with Crippen molar-refractivity contribution in [3.05, 3.63) is 24.3 Å². The summed E-state index contributed by atoms with van der Waals surface area (Å²) in [5.41, 5.74) is 0.641. The van der Waals surface area contributed by atoms with Crippen LogP contribution >= 0.6 is 0 Å². The second-order valence-corrected chi connectivity index (χ2v) is 9.40. The highest BCUT2D eigenvalue weighted by molar-refractivity contribution is 6.87. The molecule has 3 heteroatoms. The van der Waals surface area contributed by atoms with E-state index in [4.69, 9.17) is 4.74 Å². The molecule has 0 heterocycles. The summed E-state index contributed by atoms with van der Waals surface area (Å²) in [4.78, 5) is 10.9. The van der Waals surface area contributed by atoms with Gasteiger partial charge in [-0.05, 0) is 28.4 Å². The van der Waals surface area contributed by atoms with Gasteiger partial charge in [-0.2, -0.15) is 0 Å². The number of rotatable bonds is 4. The maximum atomic E-state index is 10.9. The van der Waals surface area contributed by atoms with Crippen molar-refractivity contribution in [3.8, 4) is 5.75 Å². The van der Waals surface area contributed by atoms with Gasteiger partial charge in [-0.3, -0.25) is 0 Å². The molecule has 0 aliphatic carbocycles. The van der Waals surface area contributed by atoms with Gasteiger partial charge in [0.15, 0.2) is 0 Å². The van der Waals surface area contributed by atoms with Crippen LogP contribution in [0.1, 0.15) is 27.7 Å². The molecule has 1 N–H and O–H groups in total. The van der Waals surface area contributed by atoms with Crippen LogP contribution in [0.3, 0.4) is 0 Å². The van der Waals surface area contributed by atoms with E-state index in [2.05, 4.69) is 27.7 Å². The quantitative estimate of drug-likeness (QED) is 0.817. The Morgan fingerprint density at radius 2 is 1.44 bits per heavy atom. The van der Waals surface area contributed by atoms with Crippen molar-refractivity contribution in [2.45, 2.75) is 38.8 Å². The molecule has 0 fully saturated rings. The number of hydrogen-bond donors (Lipinski definition) is 1. The van der Waals surface area contributed by atoms with E-state index >= 15 is 0 Å². The van der Waals surface area contributed by atoms with E-state index in [1.54, 1.807) is 7.11 Å². The summed E-state index contributed by atoms with van der Waals surface area (Å²) in [5.74, 6) is 0.840. The summed E-state index contributed by atoms with van der Waals surface area (Å²) in [6.45, 7) is 8.43. The molecule has 1 rings (SSSR count). The minimum Gasteiger partial charge on any atom is -0.497 e. The summed E-state index contributed by atoms with van der Waals surface area (Å²) in [5, 5.41) is 1.10. The van der Waals surface area contributed by atoms with E-state index in [1.165, 1.54) is 0 Å². The van der Waals surface area contributed by atoms with Crippen LogP contribution in [0.4, 0.5) is 0 Å². The number of hydrogen-bond acceptors (Lipinski definition) is 2. The molecule has 0 aromatic heterocycles. The van der Waals surface area contributed by atoms with E-state index in [0.29, 0.717) is 11.1 Å². The minimum absolute atomic E-state index is 0.320. The smallest absolute Gasteiger partial charge is 0.225 e. The van der Waals surface area contributed by atoms with Gasteiger partial charge >= 0.3 is 0 Å². The third kappa shape index (κ3) is 2.30. The van der Waals surface area contributed by atoms with Gasteiger partial charge in [-0.1, -0.05) is 39.8 Å². The van der Waals surface area contributed by atoms with Crippen molar-refractivity contribution < 1.29 is 9.53 Å². The normalized spacial score (nSPS) is 12.2. The first-order valence-corrected chi connectivity index (χ1v) is 7.90. The molecule has 90 valence electrons. The predicted octanol–water partition coefficient (Wildman–Crippen LogP) is 2.66. The first-order chi connectivity index (χ1) is 7.42. The number of ether oxygens (including phenoxy) is 1. The minimum atomic E-state index is -2.37. The van der Waals surface area contributed by atoms with Crippen LogP contribution in [0.2, 0.25) is 11.1 Å². The Hall–Kier alpha value is -0.803. The highest BCUT2D eigenvalue weighted by Gasteiger charge is 2.40. The molecule has 0 atom stereocenters. The Kier molecular flexibility index (Phi) is 4.16. The van der Waals surface area contributed by atoms with E-state index in [1.807, 2.05) is 24.3 Å². The number of benzene rings is 1. The molecule has 16 heavy (non-hydrogen) atoms. The predicted molar refractivity (Wildman–Crippen MR) is 70.8 cm³/mol. The fourth-order valence-electron chi connectivity index (χ4n) is 2.19. The standard InChI is InChI=1S/C13H22O2Si/c1-10(2)16(14,11(3)4)13-8-6-12(15-5)7-9-13/h6-11,14H,1-5H3. The summed E-state index contributed by atoms with van der Waals surface area (Å²) in [6.07, 6.45) is 0. The molecule has 0 spiro atoms. The lowest BCUT2D eigenvalue weighted by molar-refractivity contribution is 0.415. The SMILES string of the molecule is COc1ccc([Si](O)(C(C)C)C(C)C)cc1. The third-order valence-electron chi connectivity index (χ3n) is 3.31. The van der Waals surface area contributed by atoms with Gasteiger partial charge in [0, 0.05) is 0 Å². The Morgan fingerprint density at radius 3 is 1.75 bits per heavy atom. The van der Waals surface area contributed by atoms with Gasteiger partial charge in [0.05, 0.1) is 7.11 Å². The average molecular weight is 238 g/mol. The second kappa shape index (κ2) is 5.02. The molecule has 2 nitrogen and oxygen atoms in total. The maximum Gasteiger partial charge on any atom is 0.225 e. The van der Waals surface area contributed by atoms with E-state index in [0.717, 1.165) is 10.9 Å². The topological polar surface area (TPSA) is 29.5 Å². The van der Waals surface area contributed by atoms with Crippen LogP contribution in [0, 0.1) is 0 Å². The first-order valence-electron chi connectivity index (χ1n) is 5.79. The van der Waals surface area contributed by atoms with Gasteiger partial charge in [-0.25, -0.2) is 0 Å². The Balaban J connectivity index is 3.12. The second-order valence-electron chi connectivity index (χ2n) is 4.86. The fraction of sp³-hybridized carbons (Fsp3) is 0.538. The molecule has 0 radical (unpaired) electrons. The highest BCUT2D eigenvalue weighted by Crippen LogP contribution is 2.29. The van der Waals surface area contributed by atoms with Crippen LogP contribution in [0.25, 0.3) is 0 Å². The van der Waals surface area contributed by atoms with Crippen LogP contribution in [-0.2, 0) is 0 Å². The summed E-state index contributed by atoms with van der Waals surface area (Å²) < 4.78 is 5.14. The zero-order chi connectivity index (χ0) is 12.3. The number of methoxy groups -OCH3 is 1. The average Bonchev–Trinajstić information content (AvgIpc) is 2.27. The maximum absolute atomic E-state index is 10.9. The lowest BCUT2D eigenvalue weighted by Gasteiger charge is -2.33. The molecule has 0 amide bonds. The van der Waals surface area contributed by atoms with Crippen LogP contribution in [0.15, 0.2) is 24.3 Å². The fourth-order valence-corrected chi connectivity index (χ4v) is 5.56. The van der Waals surface area contributed by atoms with E-state index < -0.39 is 8.32 Å². The molecule has 0 bridgehead atoms. The molecular weight excluding hydrogens is 216 g/mol. The van der Waals surface area contributed by atoms with Crippen molar-refractivity contribution >= 4 is 13.5 Å². The molecule has 0 aliphatic heterocycles. The van der Waals surface area contributed by atoms with Crippen LogP contribution in [0.5, 0.6) is 5.75 Å². The molecular formula is C13H22O2Si. The Morgan fingerprint density at radius 1 is 1.00 bits per heavy atom. The van der Waals surface area contributed by atoms with Crippen molar-refractivity contribution in [3.63, 3.8) is 0 Å². The van der Waals surface area contributed by atoms with Gasteiger partial charge in [0.25, 0.3) is 0 Å². The molecule has 1 aromatic carbocycles. The molecule has 0 saturated carbocycles. The Labute approximate surface area is 99.4 Å². The first kappa shape index (κ1) is 13.3. The van der Waals surface area contributed by atoms with Crippen molar-refractivity contribution in [1.29, 1.82) is 0 Å². The zero-order valence-electron chi connectivity index (χ0n) is 10.8. The van der Waals surface area contributed by atoms with Gasteiger partial charge in [0.1, 0.15) is 5.75 Å². The van der Waals surface area contributed by atoms with Crippen molar-refractivity contribution in [2.24, 2.45) is 0 Å². The summed E-state index contributed by atoms with van der Waals surface area (Å²) >= 11 is 0. The zero-order valence-corrected chi connectivity index (χ0v) is 11.8. The van der Waals surface area contributed by atoms with Crippen LogP contribution < -0.4 is 9.92 Å². The monoisotopic (exact) mass is 238 g/mol. The lowest BCUT2D eigenvalue weighted by atomic mass is 10.3. The summed E-state index contributed by atoms with van der Waals surface area (Å²) in [6, 6.07) is 7.87.